The first-order valence-electron chi connectivity index (χ1n) is 11.7. The van der Waals surface area contributed by atoms with Gasteiger partial charge in [0.1, 0.15) is 29.4 Å². The average Bonchev–Trinajstić information content (AvgIpc) is 3.28. The van der Waals surface area contributed by atoms with Crippen molar-refractivity contribution in [1.82, 2.24) is 10.2 Å². The molecule has 2 aromatic rings. The zero-order chi connectivity index (χ0) is 26.7. The van der Waals surface area contributed by atoms with Crippen LogP contribution in [0.5, 0.6) is 0 Å². The lowest BCUT2D eigenvalue weighted by atomic mass is 9.90. The standard InChI is InChI=1S/C25H25F2N4O6/c1-2-20(32)28-21(14-8-10-37-11-9-14)25(34)30-13-15-6-7-16(31(35)36)12-17(15)23(30)24(33)29-22-18(26)4-3-5-19(22)27/h2-7,12,14,21,23H,8-11,13H2,1H3,(H,28,32)(H,29,33)/t21-,23-/m0/s1. The Hall–Kier alpha value is -3.93. The second kappa shape index (κ2) is 11.0. The maximum absolute atomic E-state index is 14.3. The Labute approximate surface area is 211 Å². The zero-order valence-corrected chi connectivity index (χ0v) is 19.9. The molecule has 1 fully saturated rings. The third-order valence-corrected chi connectivity index (χ3v) is 6.59. The molecule has 37 heavy (non-hydrogen) atoms. The Kier molecular flexibility index (Phi) is 7.77. The van der Waals surface area contributed by atoms with Gasteiger partial charge < -0.3 is 20.3 Å². The summed E-state index contributed by atoms with van der Waals surface area (Å²) in [7, 11) is 0. The molecule has 4 rings (SSSR count). The molecule has 0 saturated carbocycles. The van der Waals surface area contributed by atoms with Crippen molar-refractivity contribution in [1.29, 1.82) is 0 Å². The van der Waals surface area contributed by atoms with Gasteiger partial charge in [0.25, 0.3) is 11.6 Å². The van der Waals surface area contributed by atoms with E-state index in [1.54, 1.807) is 0 Å². The minimum atomic E-state index is -1.42. The average molecular weight is 515 g/mol. The van der Waals surface area contributed by atoms with E-state index in [1.165, 1.54) is 36.4 Å². The fraction of sp³-hybridized carbons (Fsp3) is 0.360. The number of benzene rings is 2. The van der Waals surface area contributed by atoms with E-state index in [2.05, 4.69) is 10.6 Å². The minimum absolute atomic E-state index is 0.0879. The molecule has 12 heteroatoms. The van der Waals surface area contributed by atoms with Crippen LogP contribution in [0.3, 0.4) is 0 Å². The summed E-state index contributed by atoms with van der Waals surface area (Å²) in [6.45, 7) is 2.21. The summed E-state index contributed by atoms with van der Waals surface area (Å²) in [5.41, 5.74) is -0.380. The van der Waals surface area contributed by atoms with Gasteiger partial charge in [-0.1, -0.05) is 19.1 Å². The predicted molar refractivity (Wildman–Crippen MR) is 127 cm³/mol. The molecule has 0 aromatic heterocycles. The number of para-hydroxylation sites is 1. The second-order valence-corrected chi connectivity index (χ2v) is 8.82. The Morgan fingerprint density at radius 2 is 1.84 bits per heavy atom. The highest BCUT2D eigenvalue weighted by molar-refractivity contribution is 6.00. The number of anilines is 1. The number of nitrogens with zero attached hydrogens (tertiary/aromatic N) is 2. The van der Waals surface area contributed by atoms with Gasteiger partial charge in [0.2, 0.25) is 11.8 Å². The Balaban J connectivity index is 1.73. The van der Waals surface area contributed by atoms with Gasteiger partial charge in [-0.05, 0) is 42.0 Å². The molecule has 2 aliphatic rings. The van der Waals surface area contributed by atoms with E-state index in [0.29, 0.717) is 31.6 Å². The third-order valence-electron chi connectivity index (χ3n) is 6.59. The molecular formula is C25H25F2N4O6. The topological polar surface area (TPSA) is 131 Å². The van der Waals surface area contributed by atoms with Gasteiger partial charge in [-0.25, -0.2) is 8.78 Å². The highest BCUT2D eigenvalue weighted by Gasteiger charge is 2.44. The molecule has 2 aromatic carbocycles. The number of ether oxygens (including phenoxy) is 1. The van der Waals surface area contributed by atoms with E-state index < -0.39 is 52.1 Å². The smallest absolute Gasteiger partial charge is 0.269 e. The second-order valence-electron chi connectivity index (χ2n) is 8.82. The fourth-order valence-corrected chi connectivity index (χ4v) is 4.68. The van der Waals surface area contributed by atoms with Crippen LogP contribution < -0.4 is 10.6 Å². The molecule has 0 aliphatic carbocycles. The number of halogens is 2. The Morgan fingerprint density at radius 1 is 1.16 bits per heavy atom. The van der Waals surface area contributed by atoms with Gasteiger partial charge in [-0.2, -0.15) is 0 Å². The Morgan fingerprint density at radius 3 is 2.46 bits per heavy atom. The van der Waals surface area contributed by atoms with Crippen LogP contribution in [0.25, 0.3) is 0 Å². The normalized spacial score (nSPS) is 18.1. The third kappa shape index (κ3) is 5.43. The molecule has 2 aliphatic heterocycles. The van der Waals surface area contributed by atoms with E-state index in [1.807, 2.05) is 0 Å². The fourth-order valence-electron chi connectivity index (χ4n) is 4.68. The quantitative estimate of drug-likeness (QED) is 0.431. The lowest BCUT2D eigenvalue weighted by molar-refractivity contribution is -0.384. The van der Waals surface area contributed by atoms with Crippen molar-refractivity contribution in [3.8, 4) is 0 Å². The van der Waals surface area contributed by atoms with Crippen molar-refractivity contribution >= 4 is 29.1 Å². The van der Waals surface area contributed by atoms with E-state index in [4.69, 9.17) is 4.74 Å². The van der Waals surface area contributed by atoms with Crippen LogP contribution in [-0.4, -0.2) is 46.8 Å². The molecule has 2 heterocycles. The van der Waals surface area contributed by atoms with Crippen molar-refractivity contribution in [2.75, 3.05) is 18.5 Å². The van der Waals surface area contributed by atoms with E-state index >= 15 is 0 Å². The van der Waals surface area contributed by atoms with E-state index in [9.17, 15) is 33.3 Å². The van der Waals surface area contributed by atoms with Crippen molar-refractivity contribution in [2.45, 2.75) is 38.4 Å². The van der Waals surface area contributed by atoms with E-state index in [0.717, 1.165) is 18.2 Å². The Bertz CT molecular complexity index is 1210. The van der Waals surface area contributed by atoms with Gasteiger partial charge in [0.05, 0.1) is 4.92 Å². The number of hydrogen-bond donors (Lipinski definition) is 2. The largest absolute Gasteiger partial charge is 0.381 e. The van der Waals surface area contributed by atoms with Crippen LogP contribution in [0.4, 0.5) is 20.2 Å². The van der Waals surface area contributed by atoms with Crippen LogP contribution in [-0.2, 0) is 25.7 Å². The number of nitrogens with one attached hydrogen (secondary N) is 2. The maximum Gasteiger partial charge on any atom is 0.269 e. The summed E-state index contributed by atoms with van der Waals surface area (Å²) in [6.07, 6.45) is 2.25. The lowest BCUT2D eigenvalue weighted by Crippen LogP contribution is -2.53. The summed E-state index contributed by atoms with van der Waals surface area (Å²) < 4.78 is 33.9. The molecule has 2 atom stereocenters. The summed E-state index contributed by atoms with van der Waals surface area (Å²) in [4.78, 5) is 51.5. The van der Waals surface area contributed by atoms with Crippen molar-refractivity contribution < 1.29 is 32.8 Å². The van der Waals surface area contributed by atoms with Crippen LogP contribution in [0.1, 0.15) is 36.9 Å². The maximum atomic E-state index is 14.3. The number of nitro groups is 1. The predicted octanol–water partition coefficient (Wildman–Crippen LogP) is 3.03. The molecule has 1 saturated heterocycles. The number of amides is 3. The van der Waals surface area contributed by atoms with Crippen LogP contribution in [0, 0.1) is 34.1 Å². The van der Waals surface area contributed by atoms with Crippen LogP contribution in [0.15, 0.2) is 36.4 Å². The highest BCUT2D eigenvalue weighted by Crippen LogP contribution is 2.38. The van der Waals surface area contributed by atoms with Gasteiger partial charge in [-0.15, -0.1) is 0 Å². The van der Waals surface area contributed by atoms with Gasteiger partial charge in [0.15, 0.2) is 0 Å². The molecule has 0 bridgehead atoms. The molecule has 195 valence electrons. The molecule has 1 radical (unpaired) electrons. The molecule has 10 nitrogen and oxygen atoms in total. The van der Waals surface area contributed by atoms with Crippen LogP contribution >= 0.6 is 0 Å². The first kappa shape index (κ1) is 26.1. The number of rotatable bonds is 7. The molecule has 2 N–H and O–H groups in total. The monoisotopic (exact) mass is 515 g/mol. The van der Waals surface area contributed by atoms with E-state index in [-0.39, 0.29) is 23.7 Å². The minimum Gasteiger partial charge on any atom is -0.381 e. The van der Waals surface area contributed by atoms with Crippen molar-refractivity contribution in [3.05, 3.63) is 75.7 Å². The van der Waals surface area contributed by atoms with Crippen LogP contribution in [0.2, 0.25) is 0 Å². The number of non-ortho nitro benzene ring substituents is 1. The summed E-state index contributed by atoms with van der Waals surface area (Å²) in [6, 6.07) is 4.50. The first-order valence-corrected chi connectivity index (χ1v) is 11.7. The molecule has 0 spiro atoms. The highest BCUT2D eigenvalue weighted by atomic mass is 19.1. The first-order chi connectivity index (χ1) is 17.7. The number of carbonyl (C=O) groups excluding carboxylic acids is 3. The summed E-state index contributed by atoms with van der Waals surface area (Å²) in [5.74, 6) is -4.34. The zero-order valence-electron chi connectivity index (χ0n) is 19.9. The number of hydrogen-bond acceptors (Lipinski definition) is 6. The van der Waals surface area contributed by atoms with Gasteiger partial charge in [0, 0.05) is 38.3 Å². The molecular weight excluding hydrogens is 490 g/mol. The summed E-state index contributed by atoms with van der Waals surface area (Å²) in [5, 5.41) is 16.3. The van der Waals surface area contributed by atoms with Gasteiger partial charge >= 0.3 is 0 Å². The van der Waals surface area contributed by atoms with Gasteiger partial charge in [-0.3, -0.25) is 24.5 Å². The molecule has 3 amide bonds. The summed E-state index contributed by atoms with van der Waals surface area (Å²) >= 11 is 0. The number of nitro benzene ring substituents is 1. The van der Waals surface area contributed by atoms with Crippen molar-refractivity contribution in [2.24, 2.45) is 5.92 Å². The number of carbonyl (C=O) groups is 3. The SMILES string of the molecule is C[CH]C(=O)N[C@H](C(=O)N1Cc2ccc([N+](=O)[O-])cc2[C@H]1C(=O)Nc1c(F)cccc1F)C1CCOCC1. The number of fused-ring (bicyclic) bond motifs is 1. The lowest BCUT2D eigenvalue weighted by Gasteiger charge is -2.34. The molecule has 0 unspecified atom stereocenters. The van der Waals surface area contributed by atoms with Crippen molar-refractivity contribution in [3.63, 3.8) is 0 Å².